The van der Waals surface area contributed by atoms with Gasteiger partial charge in [0.1, 0.15) is 5.82 Å². The second kappa shape index (κ2) is 7.57. The second-order valence-corrected chi connectivity index (χ2v) is 6.12. The molecule has 6 heteroatoms. The van der Waals surface area contributed by atoms with E-state index in [9.17, 15) is 9.18 Å². The highest BCUT2D eigenvalue weighted by Gasteiger charge is 2.30. The Balaban J connectivity index is 1.63. The molecule has 2 N–H and O–H groups in total. The Morgan fingerprint density at radius 3 is 3.00 bits per heavy atom. The Hall–Kier alpha value is -2.21. The third-order valence-electron chi connectivity index (χ3n) is 4.50. The van der Waals surface area contributed by atoms with Crippen LogP contribution in [0.3, 0.4) is 0 Å². The molecule has 2 aromatic rings. The highest BCUT2D eigenvalue weighted by Crippen LogP contribution is 2.24. The van der Waals surface area contributed by atoms with Crippen LogP contribution in [-0.2, 0) is 17.8 Å². The van der Waals surface area contributed by atoms with E-state index in [1.54, 1.807) is 6.07 Å². The highest BCUT2D eigenvalue weighted by atomic mass is 19.1. The van der Waals surface area contributed by atoms with E-state index in [0.717, 1.165) is 18.5 Å². The van der Waals surface area contributed by atoms with Gasteiger partial charge in [-0.05, 0) is 37.9 Å². The van der Waals surface area contributed by atoms with Gasteiger partial charge in [0.2, 0.25) is 5.91 Å². The molecule has 3 rings (SSSR count). The number of hydrogen-bond donors (Lipinski definition) is 2. The first-order valence-electron chi connectivity index (χ1n) is 8.46. The second-order valence-electron chi connectivity index (χ2n) is 6.12. The summed E-state index contributed by atoms with van der Waals surface area (Å²) in [5, 5.41) is 10.8. The first kappa shape index (κ1) is 16.6. The molecule has 0 unspecified atom stereocenters. The molecule has 1 fully saturated rings. The molecule has 0 aliphatic carbocycles. The van der Waals surface area contributed by atoms with E-state index in [2.05, 4.69) is 15.7 Å². The third kappa shape index (κ3) is 3.82. The fourth-order valence-corrected chi connectivity index (χ4v) is 3.14. The summed E-state index contributed by atoms with van der Waals surface area (Å²) in [5.74, 6) is -0.103. The quantitative estimate of drug-likeness (QED) is 0.854. The Labute approximate surface area is 141 Å². The van der Waals surface area contributed by atoms with Gasteiger partial charge in [-0.25, -0.2) is 4.39 Å². The van der Waals surface area contributed by atoms with Crippen molar-refractivity contribution in [3.63, 3.8) is 0 Å². The molecule has 2 heterocycles. The van der Waals surface area contributed by atoms with Gasteiger partial charge in [0.15, 0.2) is 0 Å². The molecule has 0 bridgehead atoms. The molecule has 1 amide bonds. The van der Waals surface area contributed by atoms with E-state index in [0.29, 0.717) is 24.9 Å². The fourth-order valence-electron chi connectivity index (χ4n) is 3.14. The van der Waals surface area contributed by atoms with Crippen LogP contribution in [0.15, 0.2) is 36.7 Å². The maximum atomic E-state index is 13.7. The average Bonchev–Trinajstić information content (AvgIpc) is 3.07. The van der Waals surface area contributed by atoms with Crippen molar-refractivity contribution in [3.05, 3.63) is 53.6 Å². The summed E-state index contributed by atoms with van der Waals surface area (Å²) >= 11 is 0. The number of aryl methyl sites for hydroxylation is 1. The van der Waals surface area contributed by atoms with Crippen molar-refractivity contribution in [2.75, 3.05) is 6.54 Å². The van der Waals surface area contributed by atoms with E-state index in [-0.39, 0.29) is 23.8 Å². The van der Waals surface area contributed by atoms with Crippen LogP contribution in [0.25, 0.3) is 0 Å². The predicted molar refractivity (Wildman–Crippen MR) is 89.9 cm³/mol. The molecule has 0 spiro atoms. The minimum atomic E-state index is -0.169. The van der Waals surface area contributed by atoms with Gasteiger partial charge in [-0.1, -0.05) is 18.2 Å². The summed E-state index contributed by atoms with van der Waals surface area (Å²) in [6, 6.07) is 6.88. The number of rotatable bonds is 6. The molecule has 2 atom stereocenters. The minimum Gasteiger partial charge on any atom is -0.348 e. The van der Waals surface area contributed by atoms with Crippen molar-refractivity contribution in [3.8, 4) is 0 Å². The summed E-state index contributed by atoms with van der Waals surface area (Å²) in [6.45, 7) is 3.49. The van der Waals surface area contributed by atoms with Crippen molar-refractivity contribution >= 4 is 5.91 Å². The topological polar surface area (TPSA) is 59.0 Å². The lowest BCUT2D eigenvalue weighted by Gasteiger charge is -2.32. The molecular weight excluding hydrogens is 307 g/mol. The molecular formula is C18H23FN4O. The van der Waals surface area contributed by atoms with E-state index in [4.69, 9.17) is 0 Å². The monoisotopic (exact) mass is 330 g/mol. The van der Waals surface area contributed by atoms with E-state index < -0.39 is 0 Å². The minimum absolute atomic E-state index is 0.0661. The van der Waals surface area contributed by atoms with Crippen LogP contribution in [0.1, 0.15) is 36.9 Å². The molecule has 0 radical (unpaired) electrons. The molecule has 128 valence electrons. The summed E-state index contributed by atoms with van der Waals surface area (Å²) in [6.07, 6.45) is 5.69. The van der Waals surface area contributed by atoms with Crippen LogP contribution in [0.5, 0.6) is 0 Å². The van der Waals surface area contributed by atoms with E-state index in [1.807, 2.05) is 36.1 Å². The van der Waals surface area contributed by atoms with Gasteiger partial charge in [-0.2, -0.15) is 5.10 Å². The smallest absolute Gasteiger partial charge is 0.220 e. The van der Waals surface area contributed by atoms with Crippen LogP contribution in [0, 0.1) is 5.82 Å². The largest absolute Gasteiger partial charge is 0.348 e. The van der Waals surface area contributed by atoms with Crippen LogP contribution < -0.4 is 10.6 Å². The first-order valence-corrected chi connectivity index (χ1v) is 8.46. The van der Waals surface area contributed by atoms with Crippen LogP contribution in [0.4, 0.5) is 4.39 Å². The normalized spacial score (nSPS) is 20.8. The van der Waals surface area contributed by atoms with Crippen molar-refractivity contribution in [2.24, 2.45) is 0 Å². The Morgan fingerprint density at radius 1 is 1.42 bits per heavy atom. The van der Waals surface area contributed by atoms with Crippen LogP contribution in [0.2, 0.25) is 0 Å². The predicted octanol–water partition coefficient (Wildman–Crippen LogP) is 2.19. The van der Waals surface area contributed by atoms with Crippen molar-refractivity contribution in [1.29, 1.82) is 0 Å². The number of hydrogen-bond acceptors (Lipinski definition) is 3. The molecule has 1 aliphatic heterocycles. The number of amides is 1. The van der Waals surface area contributed by atoms with Crippen molar-refractivity contribution < 1.29 is 9.18 Å². The highest BCUT2D eigenvalue weighted by molar-refractivity contribution is 5.77. The number of halogens is 1. The van der Waals surface area contributed by atoms with Gasteiger partial charge < -0.3 is 10.6 Å². The number of piperidine rings is 1. The van der Waals surface area contributed by atoms with Crippen molar-refractivity contribution in [2.45, 2.75) is 44.8 Å². The number of aromatic nitrogens is 2. The molecule has 1 aromatic carbocycles. The maximum Gasteiger partial charge on any atom is 0.220 e. The van der Waals surface area contributed by atoms with Crippen molar-refractivity contribution in [1.82, 2.24) is 20.4 Å². The van der Waals surface area contributed by atoms with Gasteiger partial charge in [-0.15, -0.1) is 0 Å². The molecule has 1 aliphatic rings. The fraction of sp³-hybridized carbons (Fsp3) is 0.444. The van der Waals surface area contributed by atoms with Gasteiger partial charge in [0.05, 0.1) is 12.2 Å². The first-order chi connectivity index (χ1) is 11.7. The standard InChI is InChI=1S/C18H23FN4O/c1-2-23-12-14(11-21-23)18-16(7-8-17(24)22-18)20-10-9-13-5-3-4-6-15(13)19/h3-6,11-12,16,18,20H,2,7-10H2,1H3,(H,22,24)/t16-,18+/m1/s1. The number of nitrogens with one attached hydrogen (secondary N) is 2. The summed E-state index contributed by atoms with van der Waals surface area (Å²) in [7, 11) is 0. The zero-order valence-electron chi connectivity index (χ0n) is 13.8. The Morgan fingerprint density at radius 2 is 2.25 bits per heavy atom. The Kier molecular flexibility index (Phi) is 5.25. The summed E-state index contributed by atoms with van der Waals surface area (Å²) in [4.78, 5) is 11.8. The molecule has 1 saturated heterocycles. The summed E-state index contributed by atoms with van der Waals surface area (Å²) < 4.78 is 15.5. The van der Waals surface area contributed by atoms with Crippen LogP contribution in [-0.4, -0.2) is 28.3 Å². The van der Waals surface area contributed by atoms with Crippen LogP contribution >= 0.6 is 0 Å². The number of carbonyl (C=O) groups excluding carboxylic acids is 1. The van der Waals surface area contributed by atoms with Gasteiger partial charge in [0.25, 0.3) is 0 Å². The Bertz CT molecular complexity index is 700. The third-order valence-corrected chi connectivity index (χ3v) is 4.50. The summed E-state index contributed by atoms with van der Waals surface area (Å²) in [5.41, 5.74) is 1.72. The number of carbonyl (C=O) groups is 1. The molecule has 24 heavy (non-hydrogen) atoms. The van der Waals surface area contributed by atoms with Gasteiger partial charge in [-0.3, -0.25) is 9.48 Å². The number of nitrogens with zero attached hydrogens (tertiary/aromatic N) is 2. The van der Waals surface area contributed by atoms with E-state index >= 15 is 0 Å². The zero-order chi connectivity index (χ0) is 16.9. The average molecular weight is 330 g/mol. The lowest BCUT2D eigenvalue weighted by Crippen LogP contribution is -2.48. The number of benzene rings is 1. The zero-order valence-corrected chi connectivity index (χ0v) is 13.8. The maximum absolute atomic E-state index is 13.7. The lowest BCUT2D eigenvalue weighted by atomic mass is 9.93. The van der Waals surface area contributed by atoms with Gasteiger partial charge in [0, 0.05) is 30.8 Å². The molecule has 5 nitrogen and oxygen atoms in total. The SMILES string of the molecule is CCn1cc([C@@H]2NC(=O)CC[C@H]2NCCc2ccccc2F)cn1. The van der Waals surface area contributed by atoms with E-state index in [1.165, 1.54) is 6.07 Å². The molecule has 1 aromatic heterocycles. The van der Waals surface area contributed by atoms with Gasteiger partial charge >= 0.3 is 0 Å². The lowest BCUT2D eigenvalue weighted by molar-refractivity contribution is -0.123. The molecule has 0 saturated carbocycles.